The van der Waals surface area contributed by atoms with Crippen LogP contribution in [0, 0.1) is 5.92 Å². The molecule has 2 saturated heterocycles. The molecule has 6 heteroatoms. The van der Waals surface area contributed by atoms with Gasteiger partial charge in [0.05, 0.1) is 6.54 Å². The van der Waals surface area contributed by atoms with Crippen molar-refractivity contribution in [1.29, 1.82) is 0 Å². The van der Waals surface area contributed by atoms with Crippen LogP contribution in [0.15, 0.2) is 4.99 Å². The maximum absolute atomic E-state index is 4.90. The Bertz CT molecular complexity index is 388. The Hall–Kier alpha value is -0.0800. The van der Waals surface area contributed by atoms with E-state index in [1.807, 2.05) is 0 Å². The van der Waals surface area contributed by atoms with Crippen LogP contribution < -0.4 is 10.6 Å². The molecule has 0 aromatic rings. The summed E-state index contributed by atoms with van der Waals surface area (Å²) in [4.78, 5) is 10.1. The van der Waals surface area contributed by atoms with Crippen LogP contribution in [0.3, 0.4) is 0 Å². The van der Waals surface area contributed by atoms with E-state index >= 15 is 0 Å². The maximum Gasteiger partial charge on any atom is 0.191 e. The predicted octanol–water partition coefficient (Wildman–Crippen LogP) is 3.15. The van der Waals surface area contributed by atoms with E-state index in [2.05, 4.69) is 48.1 Å². The lowest BCUT2D eigenvalue weighted by molar-refractivity contribution is 0.150. The van der Waals surface area contributed by atoms with Crippen molar-refractivity contribution in [3.63, 3.8) is 0 Å². The minimum Gasteiger partial charge on any atom is -0.357 e. The standard InChI is InChI=1S/C20H41N5.HI/c1-5-11-24-12-9-19(10-13-24)23-20(21-6-2)22-16-18(4)25-14-7-17(3)8-15-25;/h17-19H,5-16H2,1-4H3,(H2,21,22,23);1H. The summed E-state index contributed by atoms with van der Waals surface area (Å²) in [5.74, 6) is 1.90. The molecule has 2 rings (SSSR count). The van der Waals surface area contributed by atoms with E-state index in [9.17, 15) is 0 Å². The Kier molecular flexibility index (Phi) is 12.1. The van der Waals surface area contributed by atoms with Crippen LogP contribution in [-0.2, 0) is 0 Å². The van der Waals surface area contributed by atoms with Gasteiger partial charge in [-0.2, -0.15) is 0 Å². The summed E-state index contributed by atoms with van der Waals surface area (Å²) in [6, 6.07) is 1.10. The molecule has 2 N–H and O–H groups in total. The van der Waals surface area contributed by atoms with Crippen molar-refractivity contribution in [1.82, 2.24) is 20.4 Å². The number of likely N-dealkylation sites (tertiary alicyclic amines) is 2. The van der Waals surface area contributed by atoms with Gasteiger partial charge in [0.15, 0.2) is 5.96 Å². The van der Waals surface area contributed by atoms with Gasteiger partial charge >= 0.3 is 0 Å². The van der Waals surface area contributed by atoms with Crippen molar-refractivity contribution < 1.29 is 0 Å². The first-order valence-electron chi connectivity index (χ1n) is 10.6. The number of piperidine rings is 2. The molecule has 0 spiro atoms. The number of hydrogen-bond donors (Lipinski definition) is 2. The van der Waals surface area contributed by atoms with Crippen LogP contribution in [0.1, 0.15) is 59.8 Å². The monoisotopic (exact) mass is 479 g/mol. The highest BCUT2D eigenvalue weighted by molar-refractivity contribution is 14.0. The zero-order valence-electron chi connectivity index (χ0n) is 17.5. The van der Waals surface area contributed by atoms with Gasteiger partial charge in [-0.25, -0.2) is 0 Å². The second kappa shape index (κ2) is 13.2. The minimum absolute atomic E-state index is 0. The lowest BCUT2D eigenvalue weighted by Crippen LogP contribution is -2.49. The molecule has 0 radical (unpaired) electrons. The molecule has 26 heavy (non-hydrogen) atoms. The van der Waals surface area contributed by atoms with Crippen LogP contribution in [0.5, 0.6) is 0 Å². The van der Waals surface area contributed by atoms with Crippen molar-refractivity contribution in [2.24, 2.45) is 10.9 Å². The molecule has 1 atom stereocenters. The largest absolute Gasteiger partial charge is 0.357 e. The Morgan fingerprint density at radius 2 is 1.73 bits per heavy atom. The van der Waals surface area contributed by atoms with Gasteiger partial charge in [0.2, 0.25) is 0 Å². The van der Waals surface area contributed by atoms with Gasteiger partial charge in [0.25, 0.3) is 0 Å². The highest BCUT2D eigenvalue weighted by atomic mass is 127. The number of nitrogens with one attached hydrogen (secondary N) is 2. The van der Waals surface area contributed by atoms with Crippen molar-refractivity contribution in [2.45, 2.75) is 71.9 Å². The number of rotatable bonds is 7. The first-order valence-corrected chi connectivity index (χ1v) is 10.6. The van der Waals surface area contributed by atoms with E-state index in [0.717, 1.165) is 25.0 Å². The quantitative estimate of drug-likeness (QED) is 0.335. The second-order valence-electron chi connectivity index (χ2n) is 8.05. The summed E-state index contributed by atoms with van der Waals surface area (Å²) in [5, 5.41) is 7.12. The molecule has 2 aliphatic heterocycles. The fourth-order valence-electron chi connectivity index (χ4n) is 3.94. The highest BCUT2D eigenvalue weighted by Gasteiger charge is 2.21. The molecule has 0 aliphatic carbocycles. The number of halogens is 1. The summed E-state index contributed by atoms with van der Waals surface area (Å²) in [7, 11) is 0. The molecule has 2 fully saturated rings. The van der Waals surface area contributed by atoms with Gasteiger partial charge in [-0.15, -0.1) is 24.0 Å². The zero-order valence-corrected chi connectivity index (χ0v) is 19.8. The first kappa shape index (κ1) is 24.0. The summed E-state index contributed by atoms with van der Waals surface area (Å²) in [6.07, 6.45) is 6.38. The SMILES string of the molecule is CCCN1CCC(NC(=NCC(C)N2CCC(C)CC2)NCC)CC1.I. The molecular weight excluding hydrogens is 437 g/mol. The topological polar surface area (TPSA) is 42.9 Å². The third kappa shape index (κ3) is 8.30. The molecular formula is C20H42IN5. The molecule has 0 bridgehead atoms. The number of aliphatic imine (C=N–C) groups is 1. The molecule has 154 valence electrons. The van der Waals surface area contributed by atoms with Crippen molar-refractivity contribution in [2.75, 3.05) is 45.8 Å². The van der Waals surface area contributed by atoms with Gasteiger partial charge in [-0.3, -0.25) is 9.89 Å². The smallest absolute Gasteiger partial charge is 0.191 e. The third-order valence-corrected chi connectivity index (χ3v) is 5.77. The Balaban J connectivity index is 0.00000338. The van der Waals surface area contributed by atoms with E-state index in [1.165, 1.54) is 64.8 Å². The summed E-state index contributed by atoms with van der Waals surface area (Å²) in [5.41, 5.74) is 0. The lowest BCUT2D eigenvalue weighted by Gasteiger charge is -2.35. The Labute approximate surface area is 178 Å². The summed E-state index contributed by atoms with van der Waals surface area (Å²) in [6.45, 7) is 17.1. The van der Waals surface area contributed by atoms with E-state index in [1.54, 1.807) is 0 Å². The number of nitrogens with zero attached hydrogens (tertiary/aromatic N) is 3. The van der Waals surface area contributed by atoms with Crippen LogP contribution >= 0.6 is 24.0 Å². The van der Waals surface area contributed by atoms with Gasteiger partial charge in [0, 0.05) is 31.7 Å². The minimum atomic E-state index is 0. The van der Waals surface area contributed by atoms with E-state index in [4.69, 9.17) is 4.99 Å². The number of guanidine groups is 1. The van der Waals surface area contributed by atoms with Crippen LogP contribution in [0.4, 0.5) is 0 Å². The molecule has 5 nitrogen and oxygen atoms in total. The Morgan fingerprint density at radius 1 is 1.08 bits per heavy atom. The van der Waals surface area contributed by atoms with E-state index in [-0.39, 0.29) is 24.0 Å². The highest BCUT2D eigenvalue weighted by Crippen LogP contribution is 2.18. The van der Waals surface area contributed by atoms with Crippen LogP contribution in [0.25, 0.3) is 0 Å². The second-order valence-corrected chi connectivity index (χ2v) is 8.05. The molecule has 2 aliphatic rings. The van der Waals surface area contributed by atoms with E-state index in [0.29, 0.717) is 12.1 Å². The van der Waals surface area contributed by atoms with Gasteiger partial charge in [0.1, 0.15) is 0 Å². The molecule has 0 saturated carbocycles. The molecule has 0 amide bonds. The third-order valence-electron chi connectivity index (χ3n) is 5.77. The molecule has 0 aromatic carbocycles. The zero-order chi connectivity index (χ0) is 18.1. The summed E-state index contributed by atoms with van der Waals surface area (Å²) < 4.78 is 0. The van der Waals surface area contributed by atoms with Crippen molar-refractivity contribution in [3.8, 4) is 0 Å². The molecule has 1 unspecified atom stereocenters. The van der Waals surface area contributed by atoms with Crippen LogP contribution in [-0.4, -0.2) is 73.7 Å². The molecule has 0 aromatic heterocycles. The average Bonchev–Trinajstić information content (AvgIpc) is 2.62. The van der Waals surface area contributed by atoms with Crippen molar-refractivity contribution >= 4 is 29.9 Å². The van der Waals surface area contributed by atoms with E-state index < -0.39 is 0 Å². The maximum atomic E-state index is 4.90. The van der Waals surface area contributed by atoms with Crippen LogP contribution in [0.2, 0.25) is 0 Å². The molecule has 2 heterocycles. The normalized spacial score (nSPS) is 22.7. The average molecular weight is 479 g/mol. The fourth-order valence-corrected chi connectivity index (χ4v) is 3.94. The summed E-state index contributed by atoms with van der Waals surface area (Å²) >= 11 is 0. The lowest BCUT2D eigenvalue weighted by atomic mass is 9.98. The first-order chi connectivity index (χ1) is 12.1. The van der Waals surface area contributed by atoms with Crippen molar-refractivity contribution in [3.05, 3.63) is 0 Å². The Morgan fingerprint density at radius 3 is 2.31 bits per heavy atom. The van der Waals surface area contributed by atoms with Gasteiger partial charge in [-0.05, 0) is 71.5 Å². The fraction of sp³-hybridized carbons (Fsp3) is 0.950. The van der Waals surface area contributed by atoms with Gasteiger partial charge < -0.3 is 15.5 Å². The van der Waals surface area contributed by atoms with Gasteiger partial charge in [-0.1, -0.05) is 13.8 Å². The predicted molar refractivity (Wildman–Crippen MR) is 124 cm³/mol. The number of hydrogen-bond acceptors (Lipinski definition) is 3.